The molecule has 320 valence electrons. The number of hydrogen-bond acceptors (Lipinski definition) is 10. The van der Waals surface area contributed by atoms with Crippen molar-refractivity contribution in [3.8, 4) is 5.75 Å². The largest absolute Gasteiger partial charge is 0.508 e. The van der Waals surface area contributed by atoms with Gasteiger partial charge in [-0.1, -0.05) is 30.3 Å². The molecule has 0 bridgehead atoms. The third kappa shape index (κ3) is 18.3. The van der Waals surface area contributed by atoms with Crippen LogP contribution in [-0.4, -0.2) is 96.3 Å². The molecule has 6 amide bonds. The summed E-state index contributed by atoms with van der Waals surface area (Å²) in [5, 5.41) is 23.6. The Morgan fingerprint density at radius 1 is 0.741 bits per heavy atom. The maximum Gasteiger partial charge on any atom is 0.408 e. The number of aryl methyl sites for hydroxylation is 2. The fourth-order valence-corrected chi connectivity index (χ4v) is 5.93. The molecular formula is C40H61N9O9. The van der Waals surface area contributed by atoms with E-state index in [1.165, 1.54) is 12.1 Å². The molecule has 0 spiro atoms. The quantitative estimate of drug-likeness (QED) is 0.0468. The number of amides is 6. The van der Waals surface area contributed by atoms with Crippen LogP contribution in [0.3, 0.4) is 0 Å². The number of phenolic OH excluding ortho intramolecular Hbond substituents is 1. The maximum absolute atomic E-state index is 14.3. The van der Waals surface area contributed by atoms with Crippen LogP contribution in [0.25, 0.3) is 0 Å². The zero-order chi connectivity index (χ0) is 43.4. The van der Waals surface area contributed by atoms with Crippen LogP contribution >= 0.6 is 0 Å². The number of carbonyl (C=O) groups is 6. The van der Waals surface area contributed by atoms with E-state index < -0.39 is 65.6 Å². The number of unbranched alkanes of at least 4 members (excludes halogenated alkanes) is 1. The lowest BCUT2D eigenvalue weighted by Gasteiger charge is -2.27. The molecule has 0 aromatic heterocycles. The lowest BCUT2D eigenvalue weighted by molar-refractivity contribution is -0.133. The number of primary amides is 1. The van der Waals surface area contributed by atoms with Gasteiger partial charge in [0.2, 0.25) is 23.6 Å². The Morgan fingerprint density at radius 3 is 1.86 bits per heavy atom. The summed E-state index contributed by atoms with van der Waals surface area (Å²) in [5.41, 5.74) is 18.4. The average molecular weight is 812 g/mol. The van der Waals surface area contributed by atoms with Crippen LogP contribution in [0.1, 0.15) is 82.1 Å². The maximum atomic E-state index is 14.3. The van der Waals surface area contributed by atoms with Gasteiger partial charge in [0.1, 0.15) is 35.5 Å². The Balaban J connectivity index is 2.47. The van der Waals surface area contributed by atoms with Gasteiger partial charge in [0.15, 0.2) is 5.96 Å². The lowest BCUT2D eigenvalue weighted by Crippen LogP contribution is -2.59. The Bertz CT molecular complexity index is 1700. The molecule has 2 aromatic rings. The van der Waals surface area contributed by atoms with Gasteiger partial charge < -0.3 is 58.4 Å². The fourth-order valence-electron chi connectivity index (χ4n) is 5.93. The van der Waals surface area contributed by atoms with E-state index in [1.807, 2.05) is 6.07 Å². The predicted molar refractivity (Wildman–Crippen MR) is 218 cm³/mol. The highest BCUT2D eigenvalue weighted by molar-refractivity contribution is 5.95. The number of nitrogens with zero attached hydrogens (tertiary/aromatic N) is 1. The number of aromatic hydroxyl groups is 1. The van der Waals surface area contributed by atoms with Crippen LogP contribution in [-0.2, 0) is 41.5 Å². The minimum Gasteiger partial charge on any atom is -0.508 e. The van der Waals surface area contributed by atoms with Crippen molar-refractivity contribution in [1.82, 2.24) is 26.6 Å². The van der Waals surface area contributed by atoms with E-state index in [4.69, 9.17) is 26.7 Å². The Kier molecular flexibility index (Phi) is 19.8. The Morgan fingerprint density at radius 2 is 1.29 bits per heavy atom. The minimum absolute atomic E-state index is 0.0138. The molecule has 0 aliphatic carbocycles. The fraction of sp³-hybridized carbons (Fsp3) is 0.525. The molecule has 58 heavy (non-hydrogen) atoms. The molecule has 0 aliphatic rings. The molecule has 2 rings (SSSR count). The van der Waals surface area contributed by atoms with Crippen molar-refractivity contribution in [3.63, 3.8) is 0 Å². The van der Waals surface area contributed by atoms with Gasteiger partial charge >= 0.3 is 12.2 Å². The number of aliphatic imine (C=N–C) groups is 1. The second-order valence-corrected chi connectivity index (χ2v) is 14.8. The molecule has 0 unspecified atom stereocenters. The summed E-state index contributed by atoms with van der Waals surface area (Å²) in [6.07, 6.45) is -0.271. The number of phenols is 1. The van der Waals surface area contributed by atoms with Gasteiger partial charge in [-0.15, -0.1) is 0 Å². The number of nitrogens with two attached hydrogens (primary N) is 3. The highest BCUT2D eigenvalue weighted by Crippen LogP contribution is 2.22. The van der Waals surface area contributed by atoms with Gasteiger partial charge in [-0.2, -0.15) is 0 Å². The van der Waals surface area contributed by atoms with E-state index in [0.717, 1.165) is 5.56 Å². The molecule has 0 saturated heterocycles. The first kappa shape index (κ1) is 48.1. The van der Waals surface area contributed by atoms with Crippen molar-refractivity contribution >= 4 is 41.8 Å². The first-order valence-corrected chi connectivity index (χ1v) is 19.3. The number of benzene rings is 2. The van der Waals surface area contributed by atoms with Crippen LogP contribution < -0.4 is 43.8 Å². The summed E-state index contributed by atoms with van der Waals surface area (Å²) < 4.78 is 10.3. The average Bonchev–Trinajstić information content (AvgIpc) is 3.12. The van der Waals surface area contributed by atoms with Crippen LogP contribution in [0.5, 0.6) is 5.75 Å². The molecule has 0 saturated carbocycles. The van der Waals surface area contributed by atoms with E-state index in [0.29, 0.717) is 29.5 Å². The van der Waals surface area contributed by atoms with Crippen molar-refractivity contribution in [1.29, 1.82) is 0 Å². The number of ether oxygens (including phenoxy) is 2. The van der Waals surface area contributed by atoms with Gasteiger partial charge in [0.25, 0.3) is 0 Å². The zero-order valence-electron chi connectivity index (χ0n) is 34.3. The number of alkyl carbamates (subject to hydrolysis) is 2. The van der Waals surface area contributed by atoms with Crippen molar-refractivity contribution in [3.05, 3.63) is 64.7 Å². The summed E-state index contributed by atoms with van der Waals surface area (Å²) in [7, 11) is 0. The standard InChI is InChI=1S/C40H61N9O9/c1-7-57-38(55)45-18-12-11-16-29(34(52)47-31(33(41)51)22-26-14-9-8-10-15-26)46-36(54)32(23-28-24(2)20-27(50)21-25(28)3)48-35(53)30(17-13-19-44-37(42)43)49-39(56)58-40(4,5)6/h8-10,14-15,20-21,29-32,50H,7,11-13,16-19,22-23H2,1-6H3,(H2,41,51)(H,45,55)(H,46,54)(H,47,52)(H,48,53)(H,49,56)(H4,42,43,44)/t29-,30+,31-,32-/m0/s1. The summed E-state index contributed by atoms with van der Waals surface area (Å²) in [6.45, 7) is 10.7. The summed E-state index contributed by atoms with van der Waals surface area (Å²) in [6, 6.07) is 7.14. The van der Waals surface area contributed by atoms with E-state index in [-0.39, 0.29) is 63.5 Å². The van der Waals surface area contributed by atoms with Crippen molar-refractivity contribution < 1.29 is 43.3 Å². The number of hydrogen-bond donors (Lipinski definition) is 9. The van der Waals surface area contributed by atoms with E-state index in [2.05, 4.69) is 31.6 Å². The lowest BCUT2D eigenvalue weighted by atomic mass is 9.95. The third-order valence-corrected chi connectivity index (χ3v) is 8.71. The first-order chi connectivity index (χ1) is 27.3. The van der Waals surface area contributed by atoms with E-state index in [9.17, 15) is 33.9 Å². The van der Waals surface area contributed by atoms with Crippen molar-refractivity contribution in [2.75, 3.05) is 19.7 Å². The second-order valence-electron chi connectivity index (χ2n) is 14.8. The molecule has 0 aliphatic heterocycles. The van der Waals surface area contributed by atoms with E-state index in [1.54, 1.807) is 65.8 Å². The normalized spacial score (nSPS) is 13.1. The van der Waals surface area contributed by atoms with Gasteiger partial charge in [-0.3, -0.25) is 24.2 Å². The molecule has 18 nitrogen and oxygen atoms in total. The SMILES string of the molecule is CCOC(=O)NCCCC[C@H](NC(=O)[C@H](Cc1c(C)cc(O)cc1C)NC(=O)[C@@H](CCCN=C(N)N)NC(=O)OC(C)(C)C)C(=O)N[C@@H](Cc1ccccc1)C(N)=O. The summed E-state index contributed by atoms with van der Waals surface area (Å²) in [4.78, 5) is 83.3. The third-order valence-electron chi connectivity index (χ3n) is 8.71. The molecule has 2 aromatic carbocycles. The van der Waals surface area contributed by atoms with Gasteiger partial charge in [0, 0.05) is 25.9 Å². The smallest absolute Gasteiger partial charge is 0.408 e. The highest BCUT2D eigenvalue weighted by Gasteiger charge is 2.32. The summed E-state index contributed by atoms with van der Waals surface area (Å²) >= 11 is 0. The second kappa shape index (κ2) is 23.9. The zero-order valence-corrected chi connectivity index (χ0v) is 34.3. The number of guanidine groups is 1. The monoisotopic (exact) mass is 811 g/mol. The van der Waals surface area contributed by atoms with Gasteiger partial charge in [-0.05, 0) is 108 Å². The van der Waals surface area contributed by atoms with E-state index >= 15 is 0 Å². The van der Waals surface area contributed by atoms with Crippen LogP contribution in [0.2, 0.25) is 0 Å². The first-order valence-electron chi connectivity index (χ1n) is 19.3. The molecule has 18 heteroatoms. The summed E-state index contributed by atoms with van der Waals surface area (Å²) in [5.74, 6) is -3.09. The molecule has 0 fully saturated rings. The van der Waals surface area contributed by atoms with Gasteiger partial charge in [0.05, 0.1) is 6.61 Å². The Labute approximate surface area is 339 Å². The van der Waals surface area contributed by atoms with Crippen LogP contribution in [0.4, 0.5) is 9.59 Å². The molecule has 12 N–H and O–H groups in total. The van der Waals surface area contributed by atoms with Gasteiger partial charge in [-0.25, -0.2) is 9.59 Å². The number of nitrogens with one attached hydrogen (secondary N) is 5. The topological polar surface area (TPSA) is 292 Å². The van der Waals surface area contributed by atoms with Crippen LogP contribution in [0, 0.1) is 13.8 Å². The number of rotatable bonds is 22. The number of carbonyl (C=O) groups excluding carboxylic acids is 6. The molecule has 4 atom stereocenters. The minimum atomic E-state index is -1.31. The highest BCUT2D eigenvalue weighted by atomic mass is 16.6. The Hall–Kier alpha value is -6.07. The molecule has 0 radical (unpaired) electrons. The van der Waals surface area contributed by atoms with Crippen LogP contribution in [0.15, 0.2) is 47.5 Å². The van der Waals surface area contributed by atoms with Crippen molar-refractivity contribution in [2.24, 2.45) is 22.2 Å². The van der Waals surface area contributed by atoms with Crippen molar-refractivity contribution in [2.45, 2.75) is 116 Å². The molecular weight excluding hydrogens is 750 g/mol. The predicted octanol–water partition coefficient (Wildman–Crippen LogP) is 1.60. The molecule has 0 heterocycles.